The van der Waals surface area contributed by atoms with Gasteiger partial charge >= 0.3 is 0 Å². The van der Waals surface area contributed by atoms with Gasteiger partial charge in [0.25, 0.3) is 0 Å². The van der Waals surface area contributed by atoms with Gasteiger partial charge in [-0.3, -0.25) is 4.79 Å². The van der Waals surface area contributed by atoms with Crippen LogP contribution in [0.25, 0.3) is 0 Å². The molecule has 0 spiro atoms. The summed E-state index contributed by atoms with van der Waals surface area (Å²) in [7, 11) is 0. The Bertz CT molecular complexity index is 580. The van der Waals surface area contributed by atoms with Gasteiger partial charge in [-0.15, -0.1) is 0 Å². The molecule has 0 saturated carbocycles. The van der Waals surface area contributed by atoms with E-state index in [-0.39, 0.29) is 5.24 Å². The second kappa shape index (κ2) is 5.77. The Labute approximate surface area is 123 Å². The molecule has 0 radical (unpaired) electrons. The number of carbonyl (C=O) groups is 1. The molecule has 2 aromatic carbocycles. The Morgan fingerprint density at radius 3 is 2.37 bits per heavy atom. The average Bonchev–Trinajstić information content (AvgIpc) is 2.39. The molecule has 0 aliphatic carbocycles. The van der Waals surface area contributed by atoms with Crippen LogP contribution in [0.5, 0.6) is 0 Å². The Morgan fingerprint density at radius 1 is 1.11 bits per heavy atom. The van der Waals surface area contributed by atoms with Crippen LogP contribution in [0.15, 0.2) is 54.6 Å². The van der Waals surface area contributed by atoms with Crippen molar-refractivity contribution >= 4 is 28.4 Å². The van der Waals surface area contributed by atoms with Crippen molar-refractivity contribution in [1.82, 2.24) is 0 Å². The van der Waals surface area contributed by atoms with Crippen molar-refractivity contribution in [3.8, 4) is 0 Å². The van der Waals surface area contributed by atoms with Crippen molar-refractivity contribution in [3.05, 3.63) is 70.7 Å². The fourth-order valence-corrected chi connectivity index (χ4v) is 2.49. The van der Waals surface area contributed by atoms with Gasteiger partial charge in [0, 0.05) is 5.02 Å². The van der Waals surface area contributed by atoms with Gasteiger partial charge in [-0.25, -0.2) is 0 Å². The van der Waals surface area contributed by atoms with E-state index in [0.717, 1.165) is 11.1 Å². The van der Waals surface area contributed by atoms with Gasteiger partial charge in [0.2, 0.25) is 5.24 Å². The van der Waals surface area contributed by atoms with Gasteiger partial charge in [-0.2, -0.15) is 0 Å². The van der Waals surface area contributed by atoms with Gasteiger partial charge in [-0.1, -0.05) is 54.1 Å². The summed E-state index contributed by atoms with van der Waals surface area (Å²) < 4.78 is 0. The lowest BCUT2D eigenvalue weighted by Crippen LogP contribution is -2.31. The zero-order valence-electron chi connectivity index (χ0n) is 10.6. The smallest absolute Gasteiger partial charge is 0.232 e. The molecular formula is C16H14Cl2O. The van der Waals surface area contributed by atoms with Crippen LogP contribution < -0.4 is 0 Å². The first-order chi connectivity index (χ1) is 9.02. The van der Waals surface area contributed by atoms with Crippen LogP contribution in [0.4, 0.5) is 0 Å². The first kappa shape index (κ1) is 14.1. The third-order valence-corrected chi connectivity index (χ3v) is 3.95. The van der Waals surface area contributed by atoms with E-state index in [0.29, 0.717) is 11.4 Å². The van der Waals surface area contributed by atoms with Crippen molar-refractivity contribution in [2.45, 2.75) is 18.8 Å². The van der Waals surface area contributed by atoms with E-state index in [4.69, 9.17) is 23.2 Å². The van der Waals surface area contributed by atoms with Gasteiger partial charge in [0.1, 0.15) is 0 Å². The maximum absolute atomic E-state index is 11.9. The lowest BCUT2D eigenvalue weighted by molar-refractivity contribution is -0.116. The molecule has 0 saturated heterocycles. The lowest BCUT2D eigenvalue weighted by atomic mass is 9.78. The van der Waals surface area contributed by atoms with Crippen LogP contribution in [0, 0.1) is 0 Å². The molecule has 1 atom stereocenters. The van der Waals surface area contributed by atoms with Crippen LogP contribution in [0.2, 0.25) is 5.02 Å². The molecule has 0 aliphatic heterocycles. The zero-order valence-corrected chi connectivity index (χ0v) is 12.1. The molecule has 2 aromatic rings. The second-order valence-corrected chi connectivity index (χ2v) is 5.56. The molecule has 1 nitrogen and oxygen atoms in total. The number of hydrogen-bond acceptors (Lipinski definition) is 1. The standard InChI is InChI=1S/C16H14Cl2O/c1-16(15(18)19,11-12-6-3-2-4-7-12)13-8-5-9-14(17)10-13/h2-10H,11H2,1H3. The monoisotopic (exact) mass is 292 g/mol. The highest BCUT2D eigenvalue weighted by Gasteiger charge is 2.34. The highest BCUT2D eigenvalue weighted by atomic mass is 35.5. The third-order valence-electron chi connectivity index (χ3n) is 3.30. The number of hydrogen-bond donors (Lipinski definition) is 0. The van der Waals surface area contributed by atoms with Crippen LogP contribution in [0.3, 0.4) is 0 Å². The van der Waals surface area contributed by atoms with Crippen molar-refractivity contribution in [3.63, 3.8) is 0 Å². The number of rotatable bonds is 4. The zero-order chi connectivity index (χ0) is 13.9. The topological polar surface area (TPSA) is 17.1 Å². The predicted molar refractivity (Wildman–Crippen MR) is 79.8 cm³/mol. The Balaban J connectivity index is 2.41. The van der Waals surface area contributed by atoms with E-state index in [2.05, 4.69) is 0 Å². The fraction of sp³-hybridized carbons (Fsp3) is 0.188. The van der Waals surface area contributed by atoms with Gasteiger partial charge in [0.15, 0.2) is 0 Å². The number of halogens is 2. The van der Waals surface area contributed by atoms with Crippen molar-refractivity contribution < 1.29 is 4.79 Å². The molecule has 0 aliphatic rings. The lowest BCUT2D eigenvalue weighted by Gasteiger charge is -2.26. The molecule has 3 heteroatoms. The highest BCUT2D eigenvalue weighted by Crippen LogP contribution is 2.32. The van der Waals surface area contributed by atoms with E-state index >= 15 is 0 Å². The largest absolute Gasteiger partial charge is 0.280 e. The molecule has 0 N–H and O–H groups in total. The van der Waals surface area contributed by atoms with Gasteiger partial charge < -0.3 is 0 Å². The van der Waals surface area contributed by atoms with Crippen LogP contribution in [-0.4, -0.2) is 5.24 Å². The molecule has 0 heterocycles. The van der Waals surface area contributed by atoms with Crippen molar-refractivity contribution in [1.29, 1.82) is 0 Å². The molecule has 1 unspecified atom stereocenters. The minimum atomic E-state index is -0.770. The van der Waals surface area contributed by atoms with Crippen molar-refractivity contribution in [2.24, 2.45) is 0 Å². The average molecular weight is 293 g/mol. The van der Waals surface area contributed by atoms with E-state index < -0.39 is 5.41 Å². The molecule has 0 fully saturated rings. The van der Waals surface area contributed by atoms with E-state index in [1.54, 1.807) is 12.1 Å². The molecule has 0 bridgehead atoms. The van der Waals surface area contributed by atoms with Gasteiger partial charge in [-0.05, 0) is 48.2 Å². The highest BCUT2D eigenvalue weighted by molar-refractivity contribution is 6.65. The van der Waals surface area contributed by atoms with Crippen molar-refractivity contribution in [2.75, 3.05) is 0 Å². The van der Waals surface area contributed by atoms with E-state index in [1.807, 2.05) is 49.4 Å². The fourth-order valence-electron chi connectivity index (χ4n) is 2.12. The van der Waals surface area contributed by atoms with Crippen LogP contribution in [0.1, 0.15) is 18.1 Å². The Kier molecular flexibility index (Phi) is 4.28. The predicted octanol–water partition coefficient (Wildman–Crippen LogP) is 4.61. The Morgan fingerprint density at radius 2 is 1.79 bits per heavy atom. The SMILES string of the molecule is CC(Cc1ccccc1)(C(=O)Cl)c1cccc(Cl)c1. The Hall–Kier alpha value is -1.31. The minimum absolute atomic E-state index is 0.376. The quantitative estimate of drug-likeness (QED) is 0.753. The summed E-state index contributed by atoms with van der Waals surface area (Å²) in [6, 6.07) is 17.1. The molecule has 0 amide bonds. The molecule has 19 heavy (non-hydrogen) atoms. The molecule has 0 aromatic heterocycles. The first-order valence-electron chi connectivity index (χ1n) is 6.02. The molecular weight excluding hydrogens is 279 g/mol. The maximum Gasteiger partial charge on any atom is 0.232 e. The number of benzene rings is 2. The third kappa shape index (κ3) is 3.17. The summed E-state index contributed by atoms with van der Waals surface area (Å²) in [6.07, 6.45) is 0.552. The van der Waals surface area contributed by atoms with Crippen LogP contribution in [-0.2, 0) is 16.6 Å². The van der Waals surface area contributed by atoms with Gasteiger partial charge in [0.05, 0.1) is 5.41 Å². The first-order valence-corrected chi connectivity index (χ1v) is 6.78. The summed E-state index contributed by atoms with van der Waals surface area (Å²) in [5, 5.41) is 0.230. The summed E-state index contributed by atoms with van der Waals surface area (Å²) in [4.78, 5) is 11.9. The second-order valence-electron chi connectivity index (χ2n) is 4.78. The maximum atomic E-state index is 11.9. The summed E-state index contributed by atoms with van der Waals surface area (Å²) >= 11 is 11.8. The van der Waals surface area contributed by atoms with Crippen LogP contribution >= 0.6 is 23.2 Å². The molecule has 2 rings (SSSR count). The minimum Gasteiger partial charge on any atom is -0.280 e. The number of carbonyl (C=O) groups excluding carboxylic acids is 1. The summed E-state index contributed by atoms with van der Waals surface area (Å²) in [5.41, 5.74) is 1.14. The summed E-state index contributed by atoms with van der Waals surface area (Å²) in [5.74, 6) is 0. The summed E-state index contributed by atoms with van der Waals surface area (Å²) in [6.45, 7) is 1.85. The molecule has 98 valence electrons. The normalized spacial score (nSPS) is 13.8. The van der Waals surface area contributed by atoms with E-state index in [1.165, 1.54) is 0 Å². The van der Waals surface area contributed by atoms with E-state index in [9.17, 15) is 4.79 Å².